The number of para-hydroxylation sites is 1. The fourth-order valence-electron chi connectivity index (χ4n) is 2.50. The Morgan fingerprint density at radius 1 is 1.19 bits per heavy atom. The fourth-order valence-corrected chi connectivity index (χ4v) is 2.50. The lowest BCUT2D eigenvalue weighted by Crippen LogP contribution is -2.36. The molecule has 2 N–H and O–H groups in total. The van der Waals surface area contributed by atoms with Gasteiger partial charge in [0.1, 0.15) is 30.4 Å². The summed E-state index contributed by atoms with van der Waals surface area (Å²) in [6.07, 6.45) is 0. The maximum Gasteiger partial charge on any atom is 0.144 e. The van der Waals surface area contributed by atoms with Crippen LogP contribution in [0.1, 0.15) is 5.56 Å². The van der Waals surface area contributed by atoms with Gasteiger partial charge in [-0.3, -0.25) is 0 Å². The summed E-state index contributed by atoms with van der Waals surface area (Å²) in [5, 5.41) is 0. The van der Waals surface area contributed by atoms with E-state index in [0.717, 1.165) is 36.0 Å². The molecule has 1 heterocycles. The molecule has 0 spiro atoms. The van der Waals surface area contributed by atoms with E-state index in [9.17, 15) is 0 Å². The molecule has 0 aliphatic carbocycles. The van der Waals surface area contributed by atoms with Crippen LogP contribution < -0.4 is 20.1 Å². The van der Waals surface area contributed by atoms with Crippen LogP contribution in [0.4, 0.5) is 11.4 Å². The molecule has 0 saturated carbocycles. The molecule has 4 heteroatoms. The zero-order valence-electron chi connectivity index (χ0n) is 12.2. The van der Waals surface area contributed by atoms with E-state index in [1.807, 2.05) is 30.3 Å². The van der Waals surface area contributed by atoms with Crippen molar-refractivity contribution in [2.45, 2.75) is 6.92 Å². The van der Waals surface area contributed by atoms with Crippen LogP contribution in [0.15, 0.2) is 42.5 Å². The van der Waals surface area contributed by atoms with Gasteiger partial charge >= 0.3 is 0 Å². The smallest absolute Gasteiger partial charge is 0.144 e. The van der Waals surface area contributed by atoms with Crippen LogP contribution in [-0.4, -0.2) is 26.3 Å². The van der Waals surface area contributed by atoms with Gasteiger partial charge < -0.3 is 20.1 Å². The van der Waals surface area contributed by atoms with E-state index in [4.69, 9.17) is 15.2 Å². The minimum absolute atomic E-state index is 0.622. The van der Waals surface area contributed by atoms with Gasteiger partial charge in [-0.2, -0.15) is 0 Å². The molecule has 0 unspecified atom stereocenters. The highest BCUT2D eigenvalue weighted by atomic mass is 16.5. The van der Waals surface area contributed by atoms with Gasteiger partial charge in [0.2, 0.25) is 0 Å². The van der Waals surface area contributed by atoms with Crippen LogP contribution >= 0.6 is 0 Å². The Hall–Kier alpha value is -2.36. The third-order valence-corrected chi connectivity index (χ3v) is 3.62. The number of nitrogens with two attached hydrogens (primary N) is 1. The van der Waals surface area contributed by atoms with Crippen molar-refractivity contribution in [2.24, 2.45) is 0 Å². The molecule has 2 aromatic rings. The summed E-state index contributed by atoms with van der Waals surface area (Å²) in [6.45, 7) is 4.99. The third-order valence-electron chi connectivity index (χ3n) is 3.62. The number of nitrogen functional groups attached to an aromatic ring is 1. The predicted molar refractivity (Wildman–Crippen MR) is 85.2 cm³/mol. The van der Waals surface area contributed by atoms with E-state index in [0.29, 0.717) is 13.2 Å². The van der Waals surface area contributed by atoms with Crippen molar-refractivity contribution in [3.63, 3.8) is 0 Å². The lowest BCUT2D eigenvalue weighted by atomic mass is 10.2. The summed E-state index contributed by atoms with van der Waals surface area (Å²) in [5.74, 6) is 1.76. The number of hydrogen-bond donors (Lipinski definition) is 1. The van der Waals surface area contributed by atoms with Gasteiger partial charge in [-0.15, -0.1) is 0 Å². The molecule has 1 aliphatic heterocycles. The number of ether oxygens (including phenoxy) is 2. The van der Waals surface area contributed by atoms with Crippen LogP contribution in [0, 0.1) is 6.92 Å². The molecule has 0 aromatic heterocycles. The molecule has 0 fully saturated rings. The Bertz CT molecular complexity index is 611. The SMILES string of the molecule is Cc1ccc(OCCN2CCOc3cccc(N)c32)cc1. The molecule has 3 rings (SSSR count). The highest BCUT2D eigenvalue weighted by Crippen LogP contribution is 2.36. The molecule has 21 heavy (non-hydrogen) atoms. The van der Waals surface area contributed by atoms with Crippen molar-refractivity contribution in [1.29, 1.82) is 0 Å². The van der Waals surface area contributed by atoms with E-state index in [2.05, 4.69) is 24.0 Å². The van der Waals surface area contributed by atoms with Gasteiger partial charge in [0.15, 0.2) is 0 Å². The first kappa shape index (κ1) is 13.6. The molecule has 0 amide bonds. The van der Waals surface area contributed by atoms with E-state index in [-0.39, 0.29) is 0 Å². The Labute approximate surface area is 125 Å². The van der Waals surface area contributed by atoms with Crippen molar-refractivity contribution < 1.29 is 9.47 Å². The van der Waals surface area contributed by atoms with Crippen molar-refractivity contribution in [1.82, 2.24) is 0 Å². The standard InChI is InChI=1S/C17H20N2O2/c1-13-5-7-14(8-6-13)20-11-9-19-10-12-21-16-4-2-3-15(18)17(16)19/h2-8H,9-12,18H2,1H3. The minimum atomic E-state index is 0.622. The molecule has 0 radical (unpaired) electrons. The normalized spacial score (nSPS) is 13.5. The molecule has 1 aliphatic rings. The molecule has 2 aromatic carbocycles. The van der Waals surface area contributed by atoms with Crippen molar-refractivity contribution >= 4 is 11.4 Å². The topological polar surface area (TPSA) is 47.7 Å². The Morgan fingerprint density at radius 2 is 2.00 bits per heavy atom. The number of aryl methyl sites for hydroxylation is 1. The predicted octanol–water partition coefficient (Wildman–Crippen LogP) is 2.86. The average molecular weight is 284 g/mol. The van der Waals surface area contributed by atoms with Gasteiger partial charge in [-0.1, -0.05) is 23.8 Å². The summed E-state index contributed by atoms with van der Waals surface area (Å²) < 4.78 is 11.4. The van der Waals surface area contributed by atoms with Crippen LogP contribution in [0.5, 0.6) is 11.5 Å². The van der Waals surface area contributed by atoms with E-state index in [1.54, 1.807) is 0 Å². The quantitative estimate of drug-likeness (QED) is 0.877. The number of rotatable bonds is 4. The third kappa shape index (κ3) is 3.05. The molecule has 110 valence electrons. The van der Waals surface area contributed by atoms with Gasteiger partial charge in [-0.05, 0) is 31.2 Å². The number of hydrogen-bond acceptors (Lipinski definition) is 4. The van der Waals surface area contributed by atoms with E-state index >= 15 is 0 Å². The largest absolute Gasteiger partial charge is 0.492 e. The first-order valence-corrected chi connectivity index (χ1v) is 7.20. The maximum atomic E-state index is 6.07. The summed E-state index contributed by atoms with van der Waals surface area (Å²) in [5.41, 5.74) is 9.04. The summed E-state index contributed by atoms with van der Waals surface area (Å²) in [7, 11) is 0. The zero-order chi connectivity index (χ0) is 14.7. The van der Waals surface area contributed by atoms with Crippen LogP contribution in [0.25, 0.3) is 0 Å². The summed E-state index contributed by atoms with van der Waals surface area (Å²) in [4.78, 5) is 2.22. The van der Waals surface area contributed by atoms with Gasteiger partial charge in [0.05, 0.1) is 18.8 Å². The fraction of sp³-hybridized carbons (Fsp3) is 0.294. The number of anilines is 2. The minimum Gasteiger partial charge on any atom is -0.492 e. The molecular formula is C17H20N2O2. The Balaban J connectivity index is 1.63. The lowest BCUT2D eigenvalue weighted by Gasteiger charge is -2.32. The van der Waals surface area contributed by atoms with Crippen LogP contribution in [0.3, 0.4) is 0 Å². The highest BCUT2D eigenvalue weighted by Gasteiger charge is 2.20. The number of nitrogens with zero attached hydrogens (tertiary/aromatic N) is 1. The second-order valence-electron chi connectivity index (χ2n) is 5.19. The molecular weight excluding hydrogens is 264 g/mol. The first-order valence-electron chi connectivity index (χ1n) is 7.20. The van der Waals surface area contributed by atoms with Crippen LogP contribution in [0.2, 0.25) is 0 Å². The number of fused-ring (bicyclic) bond motifs is 1. The zero-order valence-corrected chi connectivity index (χ0v) is 12.2. The Kier molecular flexibility index (Phi) is 3.86. The van der Waals surface area contributed by atoms with Gasteiger partial charge in [0.25, 0.3) is 0 Å². The highest BCUT2D eigenvalue weighted by molar-refractivity contribution is 5.75. The number of benzene rings is 2. The summed E-state index contributed by atoms with van der Waals surface area (Å²) in [6, 6.07) is 13.9. The maximum absolute atomic E-state index is 6.07. The molecule has 0 bridgehead atoms. The van der Waals surface area contributed by atoms with Gasteiger partial charge in [-0.25, -0.2) is 0 Å². The van der Waals surface area contributed by atoms with E-state index in [1.165, 1.54) is 5.56 Å². The Morgan fingerprint density at radius 3 is 2.81 bits per heavy atom. The molecule has 0 atom stereocenters. The van der Waals surface area contributed by atoms with Crippen LogP contribution in [-0.2, 0) is 0 Å². The summed E-state index contributed by atoms with van der Waals surface area (Å²) >= 11 is 0. The van der Waals surface area contributed by atoms with Gasteiger partial charge in [0, 0.05) is 0 Å². The van der Waals surface area contributed by atoms with E-state index < -0.39 is 0 Å². The monoisotopic (exact) mass is 284 g/mol. The second kappa shape index (κ2) is 5.95. The van der Waals surface area contributed by atoms with Crippen molar-refractivity contribution in [3.05, 3.63) is 48.0 Å². The molecule has 4 nitrogen and oxygen atoms in total. The lowest BCUT2D eigenvalue weighted by molar-refractivity contribution is 0.289. The first-order chi connectivity index (χ1) is 10.2. The molecule has 0 saturated heterocycles. The van der Waals surface area contributed by atoms with Crippen molar-refractivity contribution in [3.8, 4) is 11.5 Å². The second-order valence-corrected chi connectivity index (χ2v) is 5.19. The van der Waals surface area contributed by atoms with Crippen molar-refractivity contribution in [2.75, 3.05) is 36.9 Å². The average Bonchev–Trinajstić information content (AvgIpc) is 2.50.